The molecule has 2 aliphatic heterocycles. The van der Waals surface area contributed by atoms with Gasteiger partial charge in [-0.2, -0.15) is 0 Å². The Hall–Kier alpha value is 0.140. The Balaban J connectivity index is 0.000000720. The smallest absolute Gasteiger partial charge is 0.0941 e. The van der Waals surface area contributed by atoms with E-state index in [1.807, 2.05) is 0 Å². The van der Waals surface area contributed by atoms with E-state index in [1.54, 1.807) is 0 Å². The number of nitrogens with one attached hydrogen (secondary N) is 1. The van der Waals surface area contributed by atoms with Gasteiger partial charge >= 0.3 is 0 Å². The van der Waals surface area contributed by atoms with Crippen molar-refractivity contribution in [1.29, 1.82) is 0 Å². The van der Waals surface area contributed by atoms with Crippen molar-refractivity contribution in [2.45, 2.75) is 6.42 Å². The number of rotatable bonds is 1. The lowest BCUT2D eigenvalue weighted by molar-refractivity contribution is 0.124. The highest BCUT2D eigenvalue weighted by Crippen LogP contribution is 2.39. The molecule has 2 unspecified atom stereocenters. The largest absolute Gasteiger partial charge is 0.381 e. The second-order valence-corrected chi connectivity index (χ2v) is 3.65. The highest BCUT2D eigenvalue weighted by atomic mass is 35.5. The lowest BCUT2D eigenvalue weighted by atomic mass is 9.78. The fourth-order valence-electron chi connectivity index (χ4n) is 2.16. The third-order valence-electron chi connectivity index (χ3n) is 3.05. The van der Waals surface area contributed by atoms with Crippen LogP contribution in [0.2, 0.25) is 0 Å². The molecule has 0 saturated carbocycles. The zero-order chi connectivity index (χ0) is 7.73. The van der Waals surface area contributed by atoms with Crippen LogP contribution in [0.15, 0.2) is 0 Å². The van der Waals surface area contributed by atoms with Crippen LogP contribution < -0.4 is 5.32 Å². The van der Waals surface area contributed by atoms with Crippen molar-refractivity contribution in [3.8, 4) is 0 Å². The van der Waals surface area contributed by atoms with E-state index in [9.17, 15) is 4.39 Å². The Bertz CT molecular complexity index is 144. The van der Waals surface area contributed by atoms with E-state index in [-0.39, 0.29) is 30.4 Å². The fourth-order valence-corrected chi connectivity index (χ4v) is 2.16. The SMILES string of the molecule is Cl.FCC1CNCC12CCOC2. The van der Waals surface area contributed by atoms with Gasteiger partial charge in [0.1, 0.15) is 0 Å². The molecule has 1 N–H and O–H groups in total. The van der Waals surface area contributed by atoms with Crippen LogP contribution in [-0.2, 0) is 4.74 Å². The van der Waals surface area contributed by atoms with E-state index in [0.29, 0.717) is 0 Å². The van der Waals surface area contributed by atoms with Gasteiger partial charge in [0, 0.05) is 31.0 Å². The summed E-state index contributed by atoms with van der Waals surface area (Å²) in [5.74, 6) is 0.199. The number of hydrogen-bond donors (Lipinski definition) is 1. The molecule has 2 heterocycles. The summed E-state index contributed by atoms with van der Waals surface area (Å²) >= 11 is 0. The van der Waals surface area contributed by atoms with Crippen molar-refractivity contribution in [3.63, 3.8) is 0 Å². The molecule has 12 heavy (non-hydrogen) atoms. The van der Waals surface area contributed by atoms with Crippen molar-refractivity contribution >= 4 is 12.4 Å². The van der Waals surface area contributed by atoms with E-state index in [1.165, 1.54) is 0 Å². The summed E-state index contributed by atoms with van der Waals surface area (Å²) in [5, 5.41) is 3.24. The molecule has 1 spiro atoms. The summed E-state index contributed by atoms with van der Waals surface area (Å²) in [6, 6.07) is 0. The van der Waals surface area contributed by atoms with Crippen LogP contribution >= 0.6 is 12.4 Å². The maximum atomic E-state index is 12.5. The summed E-state index contributed by atoms with van der Waals surface area (Å²) in [6.45, 7) is 3.16. The van der Waals surface area contributed by atoms with Crippen LogP contribution in [-0.4, -0.2) is 33.0 Å². The van der Waals surface area contributed by atoms with Crippen LogP contribution in [0.4, 0.5) is 4.39 Å². The van der Waals surface area contributed by atoms with Crippen LogP contribution in [0.3, 0.4) is 0 Å². The molecule has 0 aromatic carbocycles. The van der Waals surface area contributed by atoms with Crippen LogP contribution in [0, 0.1) is 11.3 Å². The van der Waals surface area contributed by atoms with E-state index in [4.69, 9.17) is 4.74 Å². The summed E-state index contributed by atoms with van der Waals surface area (Å²) in [5.41, 5.74) is 0.148. The summed E-state index contributed by atoms with van der Waals surface area (Å²) in [4.78, 5) is 0. The zero-order valence-corrected chi connectivity index (χ0v) is 7.83. The molecule has 2 rings (SSSR count). The lowest BCUT2D eigenvalue weighted by Gasteiger charge is -2.25. The van der Waals surface area contributed by atoms with Gasteiger partial charge in [-0.1, -0.05) is 0 Å². The molecule has 0 bridgehead atoms. The first kappa shape index (κ1) is 10.2. The van der Waals surface area contributed by atoms with Gasteiger partial charge in [-0.25, -0.2) is 0 Å². The minimum Gasteiger partial charge on any atom is -0.381 e. The minimum atomic E-state index is -0.198. The Morgan fingerprint density at radius 3 is 3.00 bits per heavy atom. The Kier molecular flexibility index (Phi) is 3.32. The third kappa shape index (κ3) is 1.45. The van der Waals surface area contributed by atoms with Crippen molar-refractivity contribution < 1.29 is 9.13 Å². The first-order chi connectivity index (χ1) is 5.37. The van der Waals surface area contributed by atoms with Gasteiger partial charge in [0.15, 0.2) is 0 Å². The molecule has 2 nitrogen and oxygen atoms in total. The molecule has 0 aromatic heterocycles. The molecule has 0 aliphatic carbocycles. The monoisotopic (exact) mass is 195 g/mol. The lowest BCUT2D eigenvalue weighted by Crippen LogP contribution is -2.31. The normalized spacial score (nSPS) is 40.2. The second kappa shape index (κ2) is 3.90. The number of hydrogen-bond acceptors (Lipinski definition) is 2. The Labute approximate surface area is 78.3 Å². The Morgan fingerprint density at radius 1 is 1.58 bits per heavy atom. The summed E-state index contributed by atoms with van der Waals surface area (Å²) in [6.07, 6.45) is 1.04. The predicted octanol–water partition coefficient (Wildman–Crippen LogP) is 1.00. The molecular weight excluding hydrogens is 181 g/mol. The van der Waals surface area contributed by atoms with Crippen molar-refractivity contribution in [3.05, 3.63) is 0 Å². The van der Waals surface area contributed by atoms with E-state index in [2.05, 4.69) is 5.32 Å². The molecular formula is C8H15ClFNO. The van der Waals surface area contributed by atoms with Gasteiger partial charge in [-0.3, -0.25) is 4.39 Å². The van der Waals surface area contributed by atoms with Gasteiger partial charge < -0.3 is 10.1 Å². The van der Waals surface area contributed by atoms with Gasteiger partial charge in [-0.05, 0) is 6.42 Å². The van der Waals surface area contributed by atoms with Crippen LogP contribution in [0.25, 0.3) is 0 Å². The highest BCUT2D eigenvalue weighted by molar-refractivity contribution is 5.85. The van der Waals surface area contributed by atoms with Crippen molar-refractivity contribution in [2.24, 2.45) is 11.3 Å². The number of halogens is 2. The van der Waals surface area contributed by atoms with Gasteiger partial charge in [0.25, 0.3) is 0 Å². The van der Waals surface area contributed by atoms with Crippen molar-refractivity contribution in [2.75, 3.05) is 33.0 Å². The highest BCUT2D eigenvalue weighted by Gasteiger charge is 2.45. The molecule has 0 amide bonds. The average molecular weight is 196 g/mol. The van der Waals surface area contributed by atoms with E-state index in [0.717, 1.165) is 32.7 Å². The average Bonchev–Trinajstić information content (AvgIpc) is 2.62. The topological polar surface area (TPSA) is 21.3 Å². The molecule has 72 valence electrons. The zero-order valence-electron chi connectivity index (χ0n) is 7.01. The summed E-state index contributed by atoms with van der Waals surface area (Å²) in [7, 11) is 0. The first-order valence-electron chi connectivity index (χ1n) is 4.22. The fraction of sp³-hybridized carbons (Fsp3) is 1.00. The standard InChI is InChI=1S/C8H14FNO.ClH/c9-3-7-4-10-5-8(7)1-2-11-6-8;/h7,10H,1-6H2;1H. The number of ether oxygens (including phenoxy) is 1. The molecule has 2 aliphatic rings. The first-order valence-corrected chi connectivity index (χ1v) is 4.22. The Morgan fingerprint density at radius 2 is 2.42 bits per heavy atom. The molecule has 2 atom stereocenters. The van der Waals surface area contributed by atoms with Crippen LogP contribution in [0.5, 0.6) is 0 Å². The van der Waals surface area contributed by atoms with Gasteiger partial charge in [0.2, 0.25) is 0 Å². The van der Waals surface area contributed by atoms with Crippen molar-refractivity contribution in [1.82, 2.24) is 5.32 Å². The maximum Gasteiger partial charge on any atom is 0.0941 e. The van der Waals surface area contributed by atoms with E-state index < -0.39 is 0 Å². The molecule has 2 saturated heterocycles. The predicted molar refractivity (Wildman–Crippen MR) is 47.5 cm³/mol. The quantitative estimate of drug-likeness (QED) is 0.674. The minimum absolute atomic E-state index is 0. The maximum absolute atomic E-state index is 12.5. The van der Waals surface area contributed by atoms with Crippen LogP contribution in [0.1, 0.15) is 6.42 Å². The molecule has 4 heteroatoms. The molecule has 0 aromatic rings. The van der Waals surface area contributed by atoms with E-state index >= 15 is 0 Å². The van der Waals surface area contributed by atoms with Gasteiger partial charge in [-0.15, -0.1) is 12.4 Å². The van der Waals surface area contributed by atoms with Gasteiger partial charge in [0.05, 0.1) is 13.3 Å². The number of alkyl halides is 1. The third-order valence-corrected chi connectivity index (χ3v) is 3.05. The molecule has 0 radical (unpaired) electrons. The summed E-state index contributed by atoms with van der Waals surface area (Å²) < 4.78 is 17.8. The second-order valence-electron chi connectivity index (χ2n) is 3.65. The molecule has 2 fully saturated rings.